The lowest BCUT2D eigenvalue weighted by atomic mass is 9.63. The van der Waals surface area contributed by atoms with Gasteiger partial charge in [-0.05, 0) is 50.7 Å². The molecule has 1 heterocycles. The van der Waals surface area contributed by atoms with Crippen LogP contribution in [0.2, 0.25) is 0 Å². The molecule has 4 N–H and O–H groups in total. The van der Waals surface area contributed by atoms with Crippen molar-refractivity contribution < 1.29 is 18.0 Å². The van der Waals surface area contributed by atoms with Crippen molar-refractivity contribution in [2.45, 2.75) is 57.2 Å². The molecule has 8 heteroatoms. The molecule has 0 radical (unpaired) electrons. The fourth-order valence-electron chi connectivity index (χ4n) is 5.02. The van der Waals surface area contributed by atoms with E-state index >= 15 is 0 Å². The van der Waals surface area contributed by atoms with Crippen LogP contribution in [-0.4, -0.2) is 38.3 Å². The number of halogens is 3. The minimum Gasteiger partial charge on any atom is -0.397 e. The molecule has 0 unspecified atom stereocenters. The molecule has 0 bridgehead atoms. The first-order valence-corrected chi connectivity index (χ1v) is 10.4. The van der Waals surface area contributed by atoms with Gasteiger partial charge in [0.2, 0.25) is 0 Å². The number of anilines is 3. The lowest BCUT2D eigenvalue weighted by Gasteiger charge is -2.57. The number of nitrogen functional groups attached to an aromatic ring is 1. The summed E-state index contributed by atoms with van der Waals surface area (Å²) in [6.45, 7) is 1.88. The zero-order chi connectivity index (χ0) is 20.8. The third-order valence-corrected chi connectivity index (χ3v) is 7.01. The van der Waals surface area contributed by atoms with E-state index in [2.05, 4.69) is 15.5 Å². The predicted molar refractivity (Wildman–Crippen MR) is 108 cm³/mol. The second-order valence-electron chi connectivity index (χ2n) is 8.98. The highest BCUT2D eigenvalue weighted by Crippen LogP contribution is 2.50. The van der Waals surface area contributed by atoms with Crippen molar-refractivity contribution in [1.82, 2.24) is 5.32 Å². The third kappa shape index (κ3) is 3.85. The minimum atomic E-state index is -4.14. The van der Waals surface area contributed by atoms with Gasteiger partial charge in [0, 0.05) is 31.6 Å². The summed E-state index contributed by atoms with van der Waals surface area (Å²) in [5.74, 6) is -1.50. The molecule has 1 spiro atoms. The van der Waals surface area contributed by atoms with Crippen molar-refractivity contribution in [2.75, 3.05) is 36.1 Å². The van der Waals surface area contributed by atoms with Gasteiger partial charge in [-0.2, -0.15) is 13.2 Å². The highest BCUT2D eigenvalue weighted by atomic mass is 19.4. The standard InChI is InChI=1S/C21H29F3N4O/c1-26-17-10-18(28-11-20(12-28)7-2-8-20)15(9-16(17)25)19(29)27-14-5-3-13(4-6-14)21(22,23)24/h9-10,13-14,26H,2-8,11-12,25H2,1H3,(H,27,29)/t13-,14-. The molecule has 1 aliphatic heterocycles. The van der Waals surface area contributed by atoms with Crippen molar-refractivity contribution in [2.24, 2.45) is 11.3 Å². The van der Waals surface area contributed by atoms with Crippen LogP contribution in [0, 0.1) is 11.3 Å². The second kappa shape index (κ2) is 7.29. The summed E-state index contributed by atoms with van der Waals surface area (Å²) in [4.78, 5) is 15.2. The monoisotopic (exact) mass is 410 g/mol. The van der Waals surface area contributed by atoms with Crippen molar-refractivity contribution in [3.8, 4) is 0 Å². The third-order valence-electron chi connectivity index (χ3n) is 7.01. The van der Waals surface area contributed by atoms with E-state index in [4.69, 9.17) is 5.73 Å². The van der Waals surface area contributed by atoms with E-state index in [0.29, 0.717) is 29.5 Å². The van der Waals surface area contributed by atoms with E-state index in [1.54, 1.807) is 13.1 Å². The van der Waals surface area contributed by atoms with Crippen LogP contribution < -0.4 is 21.3 Å². The first-order valence-electron chi connectivity index (χ1n) is 10.4. The zero-order valence-electron chi connectivity index (χ0n) is 16.7. The fourth-order valence-corrected chi connectivity index (χ4v) is 5.02. The number of carbonyl (C=O) groups excluding carboxylic acids is 1. The molecule has 2 aliphatic carbocycles. The van der Waals surface area contributed by atoms with E-state index in [-0.39, 0.29) is 24.8 Å². The predicted octanol–water partition coefficient (Wildman–Crippen LogP) is 4.15. The van der Waals surface area contributed by atoms with E-state index in [0.717, 1.165) is 24.5 Å². The second-order valence-corrected chi connectivity index (χ2v) is 8.98. The average Bonchev–Trinajstić information content (AvgIpc) is 2.59. The number of hydrogen-bond donors (Lipinski definition) is 3. The first-order chi connectivity index (χ1) is 13.7. The molecule has 2 saturated carbocycles. The molecule has 0 aromatic heterocycles. The Kier molecular flexibility index (Phi) is 5.07. The lowest BCUT2D eigenvalue weighted by Crippen LogP contribution is -2.60. The molecule has 29 heavy (non-hydrogen) atoms. The number of nitrogens with one attached hydrogen (secondary N) is 2. The number of hydrogen-bond acceptors (Lipinski definition) is 4. The Hall–Kier alpha value is -2.12. The smallest absolute Gasteiger partial charge is 0.391 e. The fraction of sp³-hybridized carbons (Fsp3) is 0.667. The molecule has 160 valence electrons. The highest BCUT2D eigenvalue weighted by Gasteiger charge is 2.48. The van der Waals surface area contributed by atoms with E-state index in [1.807, 2.05) is 6.07 Å². The molecule has 3 fully saturated rings. The van der Waals surface area contributed by atoms with E-state index in [9.17, 15) is 18.0 Å². The van der Waals surface area contributed by atoms with Gasteiger partial charge in [-0.25, -0.2) is 0 Å². The van der Waals surface area contributed by atoms with Crippen LogP contribution in [0.15, 0.2) is 12.1 Å². The van der Waals surface area contributed by atoms with Crippen LogP contribution >= 0.6 is 0 Å². The van der Waals surface area contributed by atoms with E-state index < -0.39 is 12.1 Å². The normalized spacial score (nSPS) is 25.9. The summed E-state index contributed by atoms with van der Waals surface area (Å²) >= 11 is 0. The van der Waals surface area contributed by atoms with Gasteiger partial charge < -0.3 is 21.3 Å². The Morgan fingerprint density at radius 1 is 1.17 bits per heavy atom. The summed E-state index contributed by atoms with van der Waals surface area (Å²) in [5.41, 5.74) is 9.13. The SMILES string of the molecule is CNc1cc(N2CC3(CCC3)C2)c(C(=O)N[C@H]2CC[C@H](C(F)(F)F)CC2)cc1N. The largest absolute Gasteiger partial charge is 0.397 e. The van der Waals surface area contributed by atoms with Gasteiger partial charge in [-0.15, -0.1) is 0 Å². The Morgan fingerprint density at radius 3 is 2.34 bits per heavy atom. The van der Waals surface area contributed by atoms with Crippen molar-refractivity contribution >= 4 is 23.0 Å². The summed E-state index contributed by atoms with van der Waals surface area (Å²) < 4.78 is 38.6. The van der Waals surface area contributed by atoms with Crippen LogP contribution in [0.5, 0.6) is 0 Å². The molecule has 4 rings (SSSR count). The number of amides is 1. The highest BCUT2D eigenvalue weighted by molar-refractivity contribution is 6.02. The van der Waals surface area contributed by atoms with Gasteiger partial charge in [-0.3, -0.25) is 4.79 Å². The van der Waals surface area contributed by atoms with Crippen LogP contribution in [0.4, 0.5) is 30.2 Å². The summed E-state index contributed by atoms with van der Waals surface area (Å²) in [6, 6.07) is 3.37. The summed E-state index contributed by atoms with van der Waals surface area (Å²) in [6.07, 6.45) is 0.431. The number of alkyl halides is 3. The number of nitrogens with zero attached hydrogens (tertiary/aromatic N) is 1. The molecule has 3 aliphatic rings. The van der Waals surface area contributed by atoms with Crippen molar-refractivity contribution in [3.63, 3.8) is 0 Å². The molecule has 1 amide bonds. The maximum Gasteiger partial charge on any atom is 0.391 e. The van der Waals surface area contributed by atoms with Gasteiger partial charge >= 0.3 is 6.18 Å². The Balaban J connectivity index is 1.47. The molecule has 1 saturated heterocycles. The number of rotatable bonds is 4. The van der Waals surface area contributed by atoms with Gasteiger partial charge in [0.1, 0.15) is 0 Å². The Labute approximate surface area is 169 Å². The Bertz CT molecular complexity index is 775. The van der Waals surface area contributed by atoms with E-state index in [1.165, 1.54) is 19.3 Å². The van der Waals surface area contributed by atoms with Crippen LogP contribution in [0.25, 0.3) is 0 Å². The number of carbonyl (C=O) groups is 1. The maximum atomic E-state index is 13.0. The van der Waals surface area contributed by atoms with Gasteiger partial charge in [0.15, 0.2) is 0 Å². The molecule has 0 atom stereocenters. The number of nitrogens with two attached hydrogens (primary N) is 1. The quantitative estimate of drug-likeness (QED) is 0.652. The van der Waals surface area contributed by atoms with Gasteiger partial charge in [0.05, 0.1) is 28.5 Å². The topological polar surface area (TPSA) is 70.4 Å². The first kappa shape index (κ1) is 20.2. The van der Waals surface area contributed by atoms with Crippen LogP contribution in [0.3, 0.4) is 0 Å². The molecular weight excluding hydrogens is 381 g/mol. The molecule has 1 aromatic carbocycles. The van der Waals surface area contributed by atoms with Crippen molar-refractivity contribution in [3.05, 3.63) is 17.7 Å². The molecule has 5 nitrogen and oxygen atoms in total. The average molecular weight is 410 g/mol. The summed E-state index contributed by atoms with van der Waals surface area (Å²) in [5, 5.41) is 6.02. The minimum absolute atomic E-state index is 0.0663. The van der Waals surface area contributed by atoms with Crippen LogP contribution in [0.1, 0.15) is 55.3 Å². The summed E-state index contributed by atoms with van der Waals surface area (Å²) in [7, 11) is 1.79. The van der Waals surface area contributed by atoms with Gasteiger partial charge in [-0.1, -0.05) is 6.42 Å². The van der Waals surface area contributed by atoms with Gasteiger partial charge in [0.25, 0.3) is 5.91 Å². The molecule has 1 aromatic rings. The zero-order valence-corrected chi connectivity index (χ0v) is 16.7. The maximum absolute atomic E-state index is 13.0. The molecular formula is C21H29F3N4O. The van der Waals surface area contributed by atoms with Crippen molar-refractivity contribution in [1.29, 1.82) is 0 Å². The number of benzene rings is 1. The lowest BCUT2D eigenvalue weighted by molar-refractivity contribution is -0.182. The Morgan fingerprint density at radius 2 is 1.83 bits per heavy atom. The van der Waals surface area contributed by atoms with Crippen LogP contribution in [-0.2, 0) is 0 Å².